The van der Waals surface area contributed by atoms with Crippen LogP contribution in [0.5, 0.6) is 0 Å². The fourth-order valence-corrected chi connectivity index (χ4v) is 2.62. The van der Waals surface area contributed by atoms with Gasteiger partial charge in [0.25, 0.3) is 5.91 Å². The molecule has 2 rings (SSSR count). The maximum Gasteiger partial charge on any atom is 0.328 e. The van der Waals surface area contributed by atoms with Crippen LogP contribution in [0, 0.1) is 5.82 Å². The van der Waals surface area contributed by atoms with Crippen molar-refractivity contribution in [3.05, 3.63) is 34.6 Å². The van der Waals surface area contributed by atoms with Crippen LogP contribution in [-0.4, -0.2) is 49.7 Å². The lowest BCUT2D eigenvalue weighted by Crippen LogP contribution is -2.41. The summed E-state index contributed by atoms with van der Waals surface area (Å²) in [4.78, 5) is 25.7. The largest absolute Gasteiger partial charge is 0.467 e. The summed E-state index contributed by atoms with van der Waals surface area (Å²) in [6, 6.07) is 2.78. The van der Waals surface area contributed by atoms with E-state index in [0.717, 1.165) is 12.1 Å². The fraction of sp³-hybridized carbons (Fsp3) is 0.429. The molecule has 0 unspecified atom stereocenters. The van der Waals surface area contributed by atoms with E-state index < -0.39 is 23.7 Å². The molecule has 1 saturated heterocycles. The van der Waals surface area contributed by atoms with E-state index in [1.54, 1.807) is 0 Å². The summed E-state index contributed by atoms with van der Waals surface area (Å²) in [6.45, 7) is 0.253. The van der Waals surface area contributed by atoms with Gasteiger partial charge in [-0.25, -0.2) is 9.18 Å². The minimum Gasteiger partial charge on any atom is -0.467 e. The Balaban J connectivity index is 2.29. The minimum absolute atomic E-state index is 0.00415. The van der Waals surface area contributed by atoms with Crippen molar-refractivity contribution in [1.82, 2.24) is 4.90 Å². The molecule has 1 aromatic rings. The van der Waals surface area contributed by atoms with Crippen LogP contribution in [0.1, 0.15) is 16.8 Å². The molecule has 1 fully saturated rings. The highest BCUT2D eigenvalue weighted by atomic mass is 35.5. The van der Waals surface area contributed by atoms with Gasteiger partial charge < -0.3 is 14.4 Å². The van der Waals surface area contributed by atoms with Gasteiger partial charge in [-0.2, -0.15) is 0 Å². The number of hydrogen-bond acceptors (Lipinski definition) is 4. The molecule has 2 atom stereocenters. The number of benzene rings is 1. The van der Waals surface area contributed by atoms with Crippen LogP contribution in [0.15, 0.2) is 18.2 Å². The zero-order valence-corrected chi connectivity index (χ0v) is 12.4. The Labute approximate surface area is 126 Å². The summed E-state index contributed by atoms with van der Waals surface area (Å²) >= 11 is 5.90. The first-order valence-electron chi connectivity index (χ1n) is 6.34. The lowest BCUT2D eigenvalue weighted by molar-refractivity contribution is -0.145. The quantitative estimate of drug-likeness (QED) is 0.799. The van der Waals surface area contributed by atoms with Crippen molar-refractivity contribution in [3.8, 4) is 0 Å². The number of carbonyl (C=O) groups is 2. The lowest BCUT2D eigenvalue weighted by atomic mass is 10.1. The smallest absolute Gasteiger partial charge is 0.328 e. The first kappa shape index (κ1) is 15.7. The average molecular weight is 316 g/mol. The number of rotatable bonds is 3. The summed E-state index contributed by atoms with van der Waals surface area (Å²) in [6.07, 6.45) is 0.102. The van der Waals surface area contributed by atoms with Crippen LogP contribution in [0.3, 0.4) is 0 Å². The number of nitrogens with zero attached hydrogens (tertiary/aromatic N) is 1. The van der Waals surface area contributed by atoms with Crippen LogP contribution < -0.4 is 0 Å². The Morgan fingerprint density at radius 1 is 1.38 bits per heavy atom. The van der Waals surface area contributed by atoms with Crippen molar-refractivity contribution >= 4 is 23.5 Å². The molecule has 0 spiro atoms. The van der Waals surface area contributed by atoms with E-state index in [1.165, 1.54) is 25.2 Å². The number of carbonyl (C=O) groups excluding carboxylic acids is 2. The van der Waals surface area contributed by atoms with Crippen molar-refractivity contribution in [2.75, 3.05) is 20.8 Å². The first-order valence-corrected chi connectivity index (χ1v) is 6.72. The molecule has 21 heavy (non-hydrogen) atoms. The van der Waals surface area contributed by atoms with Gasteiger partial charge in [0.2, 0.25) is 0 Å². The highest BCUT2D eigenvalue weighted by molar-refractivity contribution is 6.33. The normalized spacial score (nSPS) is 21.4. The van der Waals surface area contributed by atoms with Crippen LogP contribution in [0.4, 0.5) is 4.39 Å². The van der Waals surface area contributed by atoms with E-state index in [1.807, 2.05) is 0 Å². The monoisotopic (exact) mass is 315 g/mol. The SMILES string of the molecule is COC(=O)[C@H]1C[C@H](OC)CN1C(=O)c1ccc(F)cc1Cl. The van der Waals surface area contributed by atoms with Crippen LogP contribution in [-0.2, 0) is 14.3 Å². The molecule has 1 heterocycles. The second kappa shape index (κ2) is 6.41. The number of methoxy groups -OCH3 is 2. The summed E-state index contributed by atoms with van der Waals surface area (Å²) in [5, 5.41) is 0.00415. The molecule has 0 saturated carbocycles. The van der Waals surface area contributed by atoms with Crippen molar-refractivity contribution in [3.63, 3.8) is 0 Å². The first-order chi connectivity index (χ1) is 9.97. The lowest BCUT2D eigenvalue weighted by Gasteiger charge is -2.22. The van der Waals surface area contributed by atoms with Gasteiger partial charge in [-0.05, 0) is 18.2 Å². The zero-order chi connectivity index (χ0) is 15.6. The second-order valence-corrected chi connectivity index (χ2v) is 5.12. The molecule has 0 radical (unpaired) electrons. The third kappa shape index (κ3) is 3.16. The number of likely N-dealkylation sites (tertiary alicyclic amines) is 1. The summed E-state index contributed by atoms with van der Waals surface area (Å²) < 4.78 is 23.0. The number of hydrogen-bond donors (Lipinski definition) is 0. The molecule has 1 aliphatic heterocycles. The molecule has 0 aliphatic carbocycles. The van der Waals surface area contributed by atoms with Crippen molar-refractivity contribution in [2.45, 2.75) is 18.6 Å². The molecule has 7 heteroatoms. The minimum atomic E-state index is -0.728. The fourth-order valence-electron chi connectivity index (χ4n) is 2.37. The van der Waals surface area contributed by atoms with Crippen LogP contribution >= 0.6 is 11.6 Å². The standard InChI is InChI=1S/C14H15ClFNO4/c1-20-9-6-12(14(19)21-2)17(7-9)13(18)10-4-3-8(16)5-11(10)15/h3-5,9,12H,6-7H2,1-2H3/t9-,12+/m0/s1. The maximum absolute atomic E-state index is 13.1. The van der Waals surface area contributed by atoms with Gasteiger partial charge in [0.15, 0.2) is 0 Å². The summed E-state index contributed by atoms with van der Waals surface area (Å²) in [5.41, 5.74) is 0.142. The Bertz CT molecular complexity index is 566. The third-order valence-corrected chi connectivity index (χ3v) is 3.80. The maximum atomic E-state index is 13.1. The van der Waals surface area contributed by atoms with Gasteiger partial charge in [0, 0.05) is 20.1 Å². The molecule has 1 amide bonds. The van der Waals surface area contributed by atoms with E-state index in [0.29, 0.717) is 6.42 Å². The van der Waals surface area contributed by atoms with Crippen molar-refractivity contribution in [1.29, 1.82) is 0 Å². The van der Waals surface area contributed by atoms with Crippen molar-refractivity contribution in [2.24, 2.45) is 0 Å². The molecular weight excluding hydrogens is 301 g/mol. The van der Waals surface area contributed by atoms with Gasteiger partial charge in [0.1, 0.15) is 11.9 Å². The Morgan fingerprint density at radius 3 is 2.67 bits per heavy atom. The van der Waals surface area contributed by atoms with E-state index in [9.17, 15) is 14.0 Å². The average Bonchev–Trinajstić information content (AvgIpc) is 2.90. The van der Waals surface area contributed by atoms with E-state index in [-0.39, 0.29) is 23.2 Å². The Hall–Kier alpha value is -1.66. The molecule has 114 valence electrons. The topological polar surface area (TPSA) is 55.8 Å². The van der Waals surface area contributed by atoms with Gasteiger partial charge in [-0.15, -0.1) is 0 Å². The van der Waals surface area contributed by atoms with E-state index >= 15 is 0 Å². The highest BCUT2D eigenvalue weighted by Crippen LogP contribution is 2.26. The van der Waals surface area contributed by atoms with Crippen LogP contribution in [0.2, 0.25) is 5.02 Å². The van der Waals surface area contributed by atoms with Crippen molar-refractivity contribution < 1.29 is 23.5 Å². The number of halogens is 2. The van der Waals surface area contributed by atoms with E-state index in [4.69, 9.17) is 21.1 Å². The third-order valence-electron chi connectivity index (χ3n) is 3.49. The Kier molecular flexibility index (Phi) is 4.80. The van der Waals surface area contributed by atoms with Gasteiger partial charge in [-0.3, -0.25) is 4.79 Å². The predicted octanol–water partition coefficient (Wildman–Crippen LogP) is 1.88. The van der Waals surface area contributed by atoms with Gasteiger partial charge >= 0.3 is 5.97 Å². The molecule has 0 aromatic heterocycles. The number of amides is 1. The van der Waals surface area contributed by atoms with E-state index in [2.05, 4.69) is 0 Å². The molecule has 5 nitrogen and oxygen atoms in total. The molecular formula is C14H15ClFNO4. The summed E-state index contributed by atoms with van der Waals surface area (Å²) in [7, 11) is 2.77. The number of ether oxygens (including phenoxy) is 2. The highest BCUT2D eigenvalue weighted by Gasteiger charge is 2.41. The molecule has 0 N–H and O–H groups in total. The Morgan fingerprint density at radius 2 is 2.10 bits per heavy atom. The van der Waals surface area contributed by atoms with Crippen LogP contribution in [0.25, 0.3) is 0 Å². The molecule has 1 aromatic carbocycles. The second-order valence-electron chi connectivity index (χ2n) is 4.71. The predicted molar refractivity (Wildman–Crippen MR) is 73.7 cm³/mol. The molecule has 1 aliphatic rings. The summed E-state index contributed by atoms with van der Waals surface area (Å²) in [5.74, 6) is -1.49. The van der Waals surface area contributed by atoms with Gasteiger partial charge in [-0.1, -0.05) is 11.6 Å². The zero-order valence-electron chi connectivity index (χ0n) is 11.6. The molecule has 0 bridgehead atoms. The number of esters is 1. The van der Waals surface area contributed by atoms with Gasteiger partial charge in [0.05, 0.1) is 23.8 Å².